The Labute approximate surface area is 179 Å². The molecule has 1 aliphatic heterocycles. The Balaban J connectivity index is 1.78. The van der Waals surface area contributed by atoms with Gasteiger partial charge in [0.05, 0.1) is 20.8 Å². The summed E-state index contributed by atoms with van der Waals surface area (Å²) in [5.74, 6) is 1.42. The third kappa shape index (κ3) is 8.20. The summed E-state index contributed by atoms with van der Waals surface area (Å²) >= 11 is 0. The summed E-state index contributed by atoms with van der Waals surface area (Å²) in [6.45, 7) is 7.25. The van der Waals surface area contributed by atoms with Gasteiger partial charge in [-0.3, -0.25) is 0 Å². The number of nitrogens with one attached hydrogen (secondary N) is 2. The first-order chi connectivity index (χ1) is 14.7. The lowest BCUT2D eigenvalue weighted by Gasteiger charge is -2.21. The van der Waals surface area contributed by atoms with Crippen LogP contribution in [0.4, 0.5) is 0 Å². The van der Waals surface area contributed by atoms with Gasteiger partial charge in [-0.1, -0.05) is 6.07 Å². The van der Waals surface area contributed by atoms with Crippen LogP contribution in [-0.4, -0.2) is 65.7 Å². The van der Waals surface area contributed by atoms with Crippen LogP contribution in [0.2, 0.25) is 0 Å². The smallest absolute Gasteiger partial charge is 0.341 e. The van der Waals surface area contributed by atoms with Crippen molar-refractivity contribution in [1.82, 2.24) is 10.6 Å². The number of benzene rings is 1. The average Bonchev–Trinajstić information content (AvgIpc) is 2.79. The molecular weight excluding hydrogens is 386 g/mol. The number of ether oxygens (including phenoxy) is 4. The monoisotopic (exact) mass is 421 g/mol. The van der Waals surface area contributed by atoms with E-state index in [1.807, 2.05) is 13.0 Å². The Morgan fingerprint density at radius 2 is 2.03 bits per heavy atom. The second kappa shape index (κ2) is 13.8. The van der Waals surface area contributed by atoms with Gasteiger partial charge < -0.3 is 29.6 Å². The Bertz CT molecular complexity index is 675. The first-order valence-electron chi connectivity index (χ1n) is 10.6. The second-order valence-corrected chi connectivity index (χ2v) is 7.13. The van der Waals surface area contributed by atoms with Crippen LogP contribution in [0.25, 0.3) is 0 Å². The third-order valence-corrected chi connectivity index (χ3v) is 4.89. The molecule has 1 heterocycles. The van der Waals surface area contributed by atoms with E-state index in [-0.39, 0.29) is 0 Å². The van der Waals surface area contributed by atoms with Crippen molar-refractivity contribution in [2.75, 3.05) is 53.7 Å². The summed E-state index contributed by atoms with van der Waals surface area (Å²) in [5.41, 5.74) is 1.29. The minimum Gasteiger partial charge on any atom is -0.496 e. The fourth-order valence-corrected chi connectivity index (χ4v) is 3.18. The van der Waals surface area contributed by atoms with E-state index in [0.717, 1.165) is 70.3 Å². The lowest BCUT2D eigenvalue weighted by Crippen LogP contribution is -2.38. The first kappa shape index (κ1) is 24.0. The van der Waals surface area contributed by atoms with Crippen LogP contribution in [0.1, 0.15) is 42.1 Å². The van der Waals surface area contributed by atoms with Crippen LogP contribution in [0.5, 0.6) is 5.75 Å². The van der Waals surface area contributed by atoms with Crippen LogP contribution in [0.15, 0.2) is 23.2 Å². The van der Waals surface area contributed by atoms with Gasteiger partial charge in [0, 0.05) is 39.5 Å². The zero-order valence-corrected chi connectivity index (χ0v) is 18.4. The standard InChI is InChI=1S/C22H35N3O5/c1-4-23-22(24-10-5-11-30-16-17-8-12-29-13-9-17)25-15-18-6-7-20(27-2)19(14-18)21(26)28-3/h6-7,14,17H,4-5,8-13,15-16H2,1-3H3,(H2,23,24,25). The van der Waals surface area contributed by atoms with Crippen molar-refractivity contribution in [3.8, 4) is 5.75 Å². The van der Waals surface area contributed by atoms with Gasteiger partial charge >= 0.3 is 5.97 Å². The summed E-state index contributed by atoms with van der Waals surface area (Å²) in [4.78, 5) is 16.5. The minimum absolute atomic E-state index is 0.396. The Kier molecular flexibility index (Phi) is 11.0. The van der Waals surface area contributed by atoms with Crippen LogP contribution < -0.4 is 15.4 Å². The third-order valence-electron chi connectivity index (χ3n) is 4.89. The molecule has 8 heteroatoms. The van der Waals surface area contributed by atoms with Gasteiger partial charge in [-0.25, -0.2) is 9.79 Å². The predicted octanol–water partition coefficient (Wildman–Crippen LogP) is 2.37. The first-order valence-corrected chi connectivity index (χ1v) is 10.6. The van der Waals surface area contributed by atoms with Crippen molar-refractivity contribution >= 4 is 11.9 Å². The summed E-state index contributed by atoms with van der Waals surface area (Å²) < 4.78 is 21.2. The largest absolute Gasteiger partial charge is 0.496 e. The van der Waals surface area contributed by atoms with E-state index in [1.54, 1.807) is 12.1 Å². The topological polar surface area (TPSA) is 90.4 Å². The Morgan fingerprint density at radius 3 is 2.73 bits per heavy atom. The summed E-state index contributed by atoms with van der Waals surface area (Å²) in [7, 11) is 2.88. The van der Waals surface area contributed by atoms with E-state index < -0.39 is 5.97 Å². The molecule has 0 aliphatic carbocycles. The van der Waals surface area contributed by atoms with E-state index in [0.29, 0.717) is 23.8 Å². The van der Waals surface area contributed by atoms with Gasteiger partial charge in [-0.05, 0) is 49.8 Å². The number of hydrogen-bond donors (Lipinski definition) is 2. The van der Waals surface area contributed by atoms with Gasteiger partial charge in [0.25, 0.3) is 0 Å². The minimum atomic E-state index is -0.427. The molecule has 0 bridgehead atoms. The van der Waals surface area contributed by atoms with Gasteiger partial charge in [-0.15, -0.1) is 0 Å². The van der Waals surface area contributed by atoms with Crippen LogP contribution in [0, 0.1) is 5.92 Å². The Morgan fingerprint density at radius 1 is 1.23 bits per heavy atom. The van der Waals surface area contributed by atoms with E-state index in [2.05, 4.69) is 15.6 Å². The molecular formula is C22H35N3O5. The molecule has 1 aromatic rings. The molecule has 2 N–H and O–H groups in total. The normalized spacial score (nSPS) is 15.0. The second-order valence-electron chi connectivity index (χ2n) is 7.13. The van der Waals surface area contributed by atoms with Crippen molar-refractivity contribution < 1.29 is 23.7 Å². The highest BCUT2D eigenvalue weighted by atomic mass is 16.5. The highest BCUT2D eigenvalue weighted by Crippen LogP contribution is 2.21. The fourth-order valence-electron chi connectivity index (χ4n) is 3.18. The Hall–Kier alpha value is -2.32. The molecule has 1 fully saturated rings. The molecule has 0 spiro atoms. The molecule has 0 radical (unpaired) electrons. The van der Waals surface area contributed by atoms with Gasteiger partial charge in [0.2, 0.25) is 0 Å². The molecule has 2 rings (SSSR count). The number of hydrogen-bond acceptors (Lipinski definition) is 6. The van der Waals surface area contributed by atoms with E-state index >= 15 is 0 Å². The lowest BCUT2D eigenvalue weighted by molar-refractivity contribution is 0.0203. The average molecular weight is 422 g/mol. The van der Waals surface area contributed by atoms with Gasteiger partial charge in [-0.2, -0.15) is 0 Å². The molecule has 0 saturated carbocycles. The molecule has 8 nitrogen and oxygen atoms in total. The van der Waals surface area contributed by atoms with Crippen molar-refractivity contribution in [2.24, 2.45) is 10.9 Å². The molecule has 1 aromatic carbocycles. The lowest BCUT2D eigenvalue weighted by atomic mass is 10.0. The quantitative estimate of drug-likeness (QED) is 0.245. The number of rotatable bonds is 11. The SMILES string of the molecule is CCNC(=NCc1ccc(OC)c(C(=O)OC)c1)NCCCOCC1CCOCC1. The van der Waals surface area contributed by atoms with Crippen LogP contribution in [-0.2, 0) is 20.8 Å². The van der Waals surface area contributed by atoms with Crippen molar-refractivity contribution in [3.63, 3.8) is 0 Å². The van der Waals surface area contributed by atoms with E-state index in [4.69, 9.17) is 18.9 Å². The molecule has 0 amide bonds. The van der Waals surface area contributed by atoms with E-state index in [1.165, 1.54) is 14.2 Å². The maximum Gasteiger partial charge on any atom is 0.341 e. The van der Waals surface area contributed by atoms with Crippen molar-refractivity contribution in [1.29, 1.82) is 0 Å². The summed E-state index contributed by atoms with van der Waals surface area (Å²) in [5, 5.41) is 6.56. The number of carbonyl (C=O) groups is 1. The molecule has 0 unspecified atom stereocenters. The summed E-state index contributed by atoms with van der Waals surface area (Å²) in [6.07, 6.45) is 3.10. The molecule has 0 aromatic heterocycles. The maximum atomic E-state index is 11.9. The number of carbonyl (C=O) groups excluding carboxylic acids is 1. The van der Waals surface area contributed by atoms with E-state index in [9.17, 15) is 4.79 Å². The molecule has 0 atom stereocenters. The number of methoxy groups -OCH3 is 2. The van der Waals surface area contributed by atoms with Crippen LogP contribution in [0.3, 0.4) is 0 Å². The van der Waals surface area contributed by atoms with Gasteiger partial charge in [0.1, 0.15) is 11.3 Å². The predicted molar refractivity (Wildman–Crippen MR) is 116 cm³/mol. The summed E-state index contributed by atoms with van der Waals surface area (Å²) in [6, 6.07) is 5.40. The fraction of sp³-hybridized carbons (Fsp3) is 0.636. The highest BCUT2D eigenvalue weighted by Gasteiger charge is 2.14. The molecule has 1 aliphatic rings. The van der Waals surface area contributed by atoms with Gasteiger partial charge in [0.15, 0.2) is 5.96 Å². The van der Waals surface area contributed by atoms with Crippen LogP contribution >= 0.6 is 0 Å². The number of aliphatic imine (C=N–C) groups is 1. The molecule has 1 saturated heterocycles. The zero-order valence-electron chi connectivity index (χ0n) is 18.4. The van der Waals surface area contributed by atoms with Crippen molar-refractivity contribution in [2.45, 2.75) is 32.7 Å². The molecule has 168 valence electrons. The number of guanidine groups is 1. The maximum absolute atomic E-state index is 11.9. The number of nitrogens with zero attached hydrogens (tertiary/aromatic N) is 1. The number of esters is 1. The highest BCUT2D eigenvalue weighted by molar-refractivity contribution is 5.92. The zero-order chi connectivity index (χ0) is 21.6. The van der Waals surface area contributed by atoms with Crippen molar-refractivity contribution in [3.05, 3.63) is 29.3 Å². The molecule has 30 heavy (non-hydrogen) atoms.